The minimum Gasteiger partial charge on any atom is -0.396 e. The molecule has 0 heterocycles. The molecule has 1 heteroatoms. The number of rotatable bonds is 16. The Kier molecular flexibility index (Phi) is 15.5. The zero-order valence-electron chi connectivity index (χ0n) is 16.9. The molecule has 0 aliphatic carbocycles. The van der Waals surface area contributed by atoms with Crippen LogP contribution in [0.1, 0.15) is 112 Å². The fourth-order valence-electron chi connectivity index (χ4n) is 3.91. The van der Waals surface area contributed by atoms with Crippen molar-refractivity contribution < 1.29 is 5.11 Å². The average Bonchev–Trinajstić information content (AvgIpc) is 2.47. The van der Waals surface area contributed by atoms with Gasteiger partial charge in [-0.15, -0.1) is 0 Å². The highest BCUT2D eigenvalue weighted by molar-refractivity contribution is 4.64. The van der Waals surface area contributed by atoms with Crippen molar-refractivity contribution in [3.05, 3.63) is 0 Å². The summed E-state index contributed by atoms with van der Waals surface area (Å²) in [7, 11) is 0. The van der Waals surface area contributed by atoms with E-state index < -0.39 is 0 Å². The Hall–Kier alpha value is -0.0400. The van der Waals surface area contributed by atoms with Crippen LogP contribution in [-0.4, -0.2) is 11.7 Å². The molecule has 0 saturated heterocycles. The van der Waals surface area contributed by atoms with Crippen LogP contribution in [-0.2, 0) is 0 Å². The van der Waals surface area contributed by atoms with Gasteiger partial charge in [-0.25, -0.2) is 0 Å². The monoisotopic (exact) mass is 326 g/mol. The molecule has 1 nitrogen and oxygen atoms in total. The van der Waals surface area contributed by atoms with Crippen LogP contribution in [0.3, 0.4) is 0 Å². The van der Waals surface area contributed by atoms with E-state index in [0.717, 1.165) is 30.1 Å². The molecule has 0 bridgehead atoms. The highest BCUT2D eigenvalue weighted by atomic mass is 16.2. The Balaban J connectivity index is 3.46. The third-order valence-electron chi connectivity index (χ3n) is 5.19. The molecule has 0 aromatic rings. The first-order valence-corrected chi connectivity index (χ1v) is 10.6. The second kappa shape index (κ2) is 15.5. The molecule has 23 heavy (non-hydrogen) atoms. The third-order valence-corrected chi connectivity index (χ3v) is 5.19. The molecule has 3 atom stereocenters. The van der Waals surface area contributed by atoms with Gasteiger partial charge in [0.25, 0.3) is 0 Å². The van der Waals surface area contributed by atoms with Crippen LogP contribution in [0.4, 0.5) is 0 Å². The highest BCUT2D eigenvalue weighted by Gasteiger charge is 2.12. The van der Waals surface area contributed by atoms with Crippen molar-refractivity contribution >= 4 is 0 Å². The molecular formula is C22H46O. The standard InChI is InChI=1S/C22H46O/c1-19(2)17-22(5)18-21(4)15-14-20(3)13-11-9-7-6-8-10-12-16-23/h19-23H,6-18H2,1-5H3/t20?,21-,22-/m0/s1. The lowest BCUT2D eigenvalue weighted by Crippen LogP contribution is -2.07. The fraction of sp³-hybridized carbons (Fsp3) is 1.00. The Bertz CT molecular complexity index is 236. The molecular weight excluding hydrogens is 280 g/mol. The van der Waals surface area contributed by atoms with E-state index in [1.54, 1.807) is 0 Å². The summed E-state index contributed by atoms with van der Waals surface area (Å²) in [6.45, 7) is 12.4. The van der Waals surface area contributed by atoms with Crippen LogP contribution in [0.15, 0.2) is 0 Å². The molecule has 0 fully saturated rings. The maximum absolute atomic E-state index is 8.74. The molecule has 0 saturated carbocycles. The van der Waals surface area contributed by atoms with Gasteiger partial charge in [0.2, 0.25) is 0 Å². The third kappa shape index (κ3) is 16.6. The van der Waals surface area contributed by atoms with Crippen LogP contribution in [0.2, 0.25) is 0 Å². The van der Waals surface area contributed by atoms with Gasteiger partial charge in [-0.1, -0.05) is 92.4 Å². The van der Waals surface area contributed by atoms with E-state index in [2.05, 4.69) is 34.6 Å². The van der Waals surface area contributed by atoms with E-state index in [1.165, 1.54) is 70.6 Å². The van der Waals surface area contributed by atoms with Crippen LogP contribution < -0.4 is 0 Å². The molecule has 0 aromatic carbocycles. The van der Waals surface area contributed by atoms with Crippen LogP contribution >= 0.6 is 0 Å². The summed E-state index contributed by atoms with van der Waals surface area (Å²) in [6.07, 6.45) is 16.1. The van der Waals surface area contributed by atoms with E-state index in [-0.39, 0.29) is 0 Å². The minimum atomic E-state index is 0.367. The van der Waals surface area contributed by atoms with Crippen molar-refractivity contribution in [2.24, 2.45) is 23.7 Å². The van der Waals surface area contributed by atoms with Gasteiger partial charge in [0.05, 0.1) is 0 Å². The molecule has 0 spiro atoms. The average molecular weight is 327 g/mol. The lowest BCUT2D eigenvalue weighted by Gasteiger charge is -2.20. The lowest BCUT2D eigenvalue weighted by molar-refractivity contribution is 0.282. The maximum atomic E-state index is 8.74. The van der Waals surface area contributed by atoms with Crippen LogP contribution in [0.25, 0.3) is 0 Å². The molecule has 0 aliphatic rings. The second-order valence-corrected chi connectivity index (χ2v) is 8.75. The quantitative estimate of drug-likeness (QED) is 0.297. The first-order valence-electron chi connectivity index (χ1n) is 10.6. The van der Waals surface area contributed by atoms with Crippen LogP contribution in [0.5, 0.6) is 0 Å². The molecule has 0 rings (SSSR count). The fourth-order valence-corrected chi connectivity index (χ4v) is 3.91. The summed E-state index contributed by atoms with van der Waals surface area (Å²) in [5, 5.41) is 8.74. The number of hydrogen-bond donors (Lipinski definition) is 1. The van der Waals surface area contributed by atoms with Gasteiger partial charge in [-0.05, 0) is 42.9 Å². The summed E-state index contributed by atoms with van der Waals surface area (Å²) >= 11 is 0. The van der Waals surface area contributed by atoms with Gasteiger partial charge in [-0.2, -0.15) is 0 Å². The first-order chi connectivity index (χ1) is 11.0. The van der Waals surface area contributed by atoms with Gasteiger partial charge >= 0.3 is 0 Å². The smallest absolute Gasteiger partial charge is 0.0431 e. The highest BCUT2D eigenvalue weighted by Crippen LogP contribution is 2.25. The van der Waals surface area contributed by atoms with Gasteiger partial charge < -0.3 is 5.11 Å². The van der Waals surface area contributed by atoms with Crippen molar-refractivity contribution in [2.75, 3.05) is 6.61 Å². The predicted octanol–water partition coefficient (Wildman–Crippen LogP) is 7.22. The largest absolute Gasteiger partial charge is 0.396 e. The predicted molar refractivity (Wildman–Crippen MR) is 105 cm³/mol. The zero-order valence-corrected chi connectivity index (χ0v) is 16.9. The van der Waals surface area contributed by atoms with Gasteiger partial charge in [-0.3, -0.25) is 0 Å². The van der Waals surface area contributed by atoms with E-state index in [9.17, 15) is 0 Å². The normalized spacial score (nSPS) is 15.8. The summed E-state index contributed by atoms with van der Waals surface area (Å²) in [5.74, 6) is 3.55. The van der Waals surface area contributed by atoms with E-state index in [4.69, 9.17) is 5.11 Å². The molecule has 1 unspecified atom stereocenters. The Labute approximate surface area is 147 Å². The molecule has 0 aromatic heterocycles. The van der Waals surface area contributed by atoms with Crippen LogP contribution in [0, 0.1) is 23.7 Å². The molecule has 0 aliphatic heterocycles. The van der Waals surface area contributed by atoms with Crippen molar-refractivity contribution in [3.8, 4) is 0 Å². The van der Waals surface area contributed by atoms with E-state index in [0.29, 0.717) is 6.61 Å². The van der Waals surface area contributed by atoms with Crippen molar-refractivity contribution in [2.45, 2.75) is 112 Å². The molecule has 1 N–H and O–H groups in total. The van der Waals surface area contributed by atoms with E-state index in [1.807, 2.05) is 0 Å². The van der Waals surface area contributed by atoms with Crippen molar-refractivity contribution in [1.82, 2.24) is 0 Å². The minimum absolute atomic E-state index is 0.367. The Morgan fingerprint density at radius 2 is 1.04 bits per heavy atom. The number of unbranched alkanes of at least 4 members (excludes halogenated alkanes) is 6. The number of aliphatic hydroxyl groups is 1. The summed E-state index contributed by atoms with van der Waals surface area (Å²) < 4.78 is 0. The summed E-state index contributed by atoms with van der Waals surface area (Å²) in [5.41, 5.74) is 0. The Morgan fingerprint density at radius 1 is 0.522 bits per heavy atom. The van der Waals surface area contributed by atoms with Crippen molar-refractivity contribution in [1.29, 1.82) is 0 Å². The molecule has 140 valence electrons. The van der Waals surface area contributed by atoms with Gasteiger partial charge in [0.1, 0.15) is 0 Å². The van der Waals surface area contributed by atoms with Crippen molar-refractivity contribution in [3.63, 3.8) is 0 Å². The first kappa shape index (κ1) is 23.0. The molecule has 0 amide bonds. The topological polar surface area (TPSA) is 20.2 Å². The van der Waals surface area contributed by atoms with Gasteiger partial charge in [0, 0.05) is 6.61 Å². The number of hydrogen-bond acceptors (Lipinski definition) is 1. The Morgan fingerprint density at radius 3 is 1.61 bits per heavy atom. The maximum Gasteiger partial charge on any atom is 0.0431 e. The molecule has 0 radical (unpaired) electrons. The lowest BCUT2D eigenvalue weighted by atomic mass is 9.86. The second-order valence-electron chi connectivity index (χ2n) is 8.75. The number of aliphatic hydroxyl groups excluding tert-OH is 1. The van der Waals surface area contributed by atoms with Gasteiger partial charge in [0.15, 0.2) is 0 Å². The zero-order chi connectivity index (χ0) is 17.5. The summed E-state index contributed by atoms with van der Waals surface area (Å²) in [4.78, 5) is 0. The summed E-state index contributed by atoms with van der Waals surface area (Å²) in [6, 6.07) is 0. The van der Waals surface area contributed by atoms with E-state index >= 15 is 0 Å². The SMILES string of the molecule is CC(C)C[C@H](C)C[C@@H](C)CCC(C)CCCCCCCCCO.